The van der Waals surface area contributed by atoms with Crippen molar-refractivity contribution in [2.45, 2.75) is 12.6 Å². The summed E-state index contributed by atoms with van der Waals surface area (Å²) >= 11 is 5.96. The van der Waals surface area contributed by atoms with Crippen LogP contribution in [0.25, 0.3) is 0 Å². The molecule has 0 radical (unpaired) electrons. The second-order valence-corrected chi connectivity index (χ2v) is 3.73. The molecule has 0 aromatic heterocycles. The molecule has 5 heteroatoms. The molecule has 1 aromatic carbocycles. The van der Waals surface area contributed by atoms with Crippen molar-refractivity contribution in [3.8, 4) is 0 Å². The summed E-state index contributed by atoms with van der Waals surface area (Å²) in [7, 11) is 1.53. The molecule has 88 valence electrons. The van der Waals surface area contributed by atoms with Gasteiger partial charge in [-0.25, -0.2) is 0 Å². The van der Waals surface area contributed by atoms with E-state index < -0.39 is 6.04 Å². The molecule has 0 saturated carbocycles. The van der Waals surface area contributed by atoms with Gasteiger partial charge in [0.25, 0.3) is 0 Å². The Morgan fingerprint density at radius 2 is 2.19 bits per heavy atom. The van der Waals surface area contributed by atoms with Gasteiger partial charge < -0.3 is 10.4 Å². The lowest BCUT2D eigenvalue weighted by Gasteiger charge is -2.15. The fourth-order valence-corrected chi connectivity index (χ4v) is 1.49. The number of benzene rings is 1. The van der Waals surface area contributed by atoms with E-state index in [1.54, 1.807) is 6.07 Å². The highest BCUT2D eigenvalue weighted by Crippen LogP contribution is 2.14. The average molecular weight is 243 g/mol. The number of aliphatic hydroxyl groups is 1. The van der Waals surface area contributed by atoms with Crippen molar-refractivity contribution >= 4 is 17.5 Å². The minimum Gasteiger partial charge on any atom is -0.394 e. The van der Waals surface area contributed by atoms with Crippen molar-refractivity contribution in [2.24, 2.45) is 0 Å². The van der Waals surface area contributed by atoms with Gasteiger partial charge in [-0.1, -0.05) is 29.8 Å². The second-order valence-electron chi connectivity index (χ2n) is 3.32. The highest BCUT2D eigenvalue weighted by molar-refractivity contribution is 6.31. The van der Waals surface area contributed by atoms with Gasteiger partial charge in [0.15, 0.2) is 0 Å². The molecule has 0 aliphatic rings. The Morgan fingerprint density at radius 3 is 2.75 bits per heavy atom. The molecule has 0 heterocycles. The molecule has 1 rings (SSSR count). The van der Waals surface area contributed by atoms with Crippen LogP contribution in [0.15, 0.2) is 24.3 Å². The summed E-state index contributed by atoms with van der Waals surface area (Å²) in [6, 6.07) is 6.76. The Balaban J connectivity index is 2.56. The van der Waals surface area contributed by atoms with E-state index in [1.165, 1.54) is 7.05 Å². The van der Waals surface area contributed by atoms with E-state index in [0.29, 0.717) is 11.6 Å². The lowest BCUT2D eigenvalue weighted by atomic mass is 10.2. The van der Waals surface area contributed by atoms with E-state index in [-0.39, 0.29) is 12.5 Å². The van der Waals surface area contributed by atoms with Crippen molar-refractivity contribution in [3.05, 3.63) is 34.9 Å². The lowest BCUT2D eigenvalue weighted by molar-refractivity contribution is -0.123. The predicted octanol–water partition coefficient (Wildman–Crippen LogP) is 0.537. The monoisotopic (exact) mass is 242 g/mol. The molecule has 1 amide bonds. The number of hydrogen-bond donors (Lipinski definition) is 3. The average Bonchev–Trinajstić information content (AvgIpc) is 2.31. The van der Waals surface area contributed by atoms with Crippen LogP contribution < -0.4 is 10.6 Å². The minimum atomic E-state index is -0.610. The van der Waals surface area contributed by atoms with Crippen LogP contribution in [-0.2, 0) is 11.3 Å². The van der Waals surface area contributed by atoms with E-state index in [9.17, 15) is 4.79 Å². The molecule has 4 nitrogen and oxygen atoms in total. The van der Waals surface area contributed by atoms with E-state index in [0.717, 1.165) is 5.56 Å². The first-order chi connectivity index (χ1) is 7.69. The topological polar surface area (TPSA) is 61.4 Å². The zero-order valence-corrected chi connectivity index (χ0v) is 9.79. The fourth-order valence-electron chi connectivity index (χ4n) is 1.29. The Labute approximate surface area is 99.6 Å². The zero-order valence-electron chi connectivity index (χ0n) is 9.03. The third-order valence-corrected chi connectivity index (χ3v) is 2.61. The quantitative estimate of drug-likeness (QED) is 0.706. The van der Waals surface area contributed by atoms with Gasteiger partial charge in [-0.3, -0.25) is 10.1 Å². The molecule has 16 heavy (non-hydrogen) atoms. The van der Waals surface area contributed by atoms with Crippen LogP contribution in [0.4, 0.5) is 0 Å². The summed E-state index contributed by atoms with van der Waals surface area (Å²) in [5.41, 5.74) is 0.895. The van der Waals surface area contributed by atoms with Gasteiger partial charge in [-0.2, -0.15) is 0 Å². The summed E-state index contributed by atoms with van der Waals surface area (Å²) in [6.45, 7) is 0.197. The summed E-state index contributed by atoms with van der Waals surface area (Å²) in [4.78, 5) is 11.3. The van der Waals surface area contributed by atoms with Gasteiger partial charge in [-0.15, -0.1) is 0 Å². The minimum absolute atomic E-state index is 0.241. The van der Waals surface area contributed by atoms with Crippen LogP contribution in [-0.4, -0.2) is 30.7 Å². The number of rotatable bonds is 5. The van der Waals surface area contributed by atoms with Crippen LogP contribution in [0.3, 0.4) is 0 Å². The third-order valence-electron chi connectivity index (χ3n) is 2.24. The van der Waals surface area contributed by atoms with Crippen LogP contribution in [0.1, 0.15) is 5.56 Å². The summed E-state index contributed by atoms with van der Waals surface area (Å²) in [5.74, 6) is -0.241. The molecule has 3 N–H and O–H groups in total. The Hall–Kier alpha value is -1.10. The Kier molecular flexibility index (Phi) is 5.25. The lowest BCUT2D eigenvalue weighted by Crippen LogP contribution is -2.45. The zero-order chi connectivity index (χ0) is 12.0. The molecule has 1 atom stereocenters. The standard InChI is InChI=1S/C11H15ClN2O2/c1-13-11(16)10(7-15)14-6-8-4-2-3-5-9(8)12/h2-5,10,14-15H,6-7H2,1H3,(H,13,16). The summed E-state index contributed by atoms with van der Waals surface area (Å²) < 4.78 is 0. The van der Waals surface area contributed by atoms with Crippen LogP contribution in [0.5, 0.6) is 0 Å². The van der Waals surface area contributed by atoms with E-state index in [2.05, 4.69) is 10.6 Å². The highest BCUT2D eigenvalue weighted by atomic mass is 35.5. The second kappa shape index (κ2) is 6.48. The maximum Gasteiger partial charge on any atom is 0.239 e. The molecule has 0 saturated heterocycles. The molecular weight excluding hydrogens is 228 g/mol. The Bertz CT molecular complexity index is 358. The number of aliphatic hydroxyl groups excluding tert-OH is 1. The van der Waals surface area contributed by atoms with Crippen LogP contribution >= 0.6 is 11.6 Å². The molecule has 0 aliphatic carbocycles. The van der Waals surface area contributed by atoms with Gasteiger partial charge in [-0.05, 0) is 11.6 Å². The summed E-state index contributed by atoms with van der Waals surface area (Å²) in [5, 5.41) is 15.1. The number of hydrogen-bond acceptors (Lipinski definition) is 3. The van der Waals surface area contributed by atoms with Crippen molar-refractivity contribution in [3.63, 3.8) is 0 Å². The smallest absolute Gasteiger partial charge is 0.239 e. The van der Waals surface area contributed by atoms with Gasteiger partial charge in [0.05, 0.1) is 6.61 Å². The number of amides is 1. The fraction of sp³-hybridized carbons (Fsp3) is 0.364. The first-order valence-corrected chi connectivity index (χ1v) is 5.36. The molecule has 1 aromatic rings. The van der Waals surface area contributed by atoms with Crippen molar-refractivity contribution in [1.29, 1.82) is 0 Å². The van der Waals surface area contributed by atoms with Crippen LogP contribution in [0, 0.1) is 0 Å². The number of carbonyl (C=O) groups is 1. The van der Waals surface area contributed by atoms with Gasteiger partial charge in [0.2, 0.25) is 5.91 Å². The first kappa shape index (κ1) is 13.0. The Morgan fingerprint density at radius 1 is 1.50 bits per heavy atom. The first-order valence-electron chi connectivity index (χ1n) is 4.98. The van der Waals surface area contributed by atoms with Crippen LogP contribution in [0.2, 0.25) is 5.02 Å². The molecular formula is C11H15ClN2O2. The number of nitrogens with one attached hydrogen (secondary N) is 2. The number of carbonyl (C=O) groups excluding carboxylic acids is 1. The largest absolute Gasteiger partial charge is 0.394 e. The summed E-state index contributed by atoms with van der Waals surface area (Å²) in [6.07, 6.45) is 0. The third kappa shape index (κ3) is 3.48. The molecule has 1 unspecified atom stereocenters. The van der Waals surface area contributed by atoms with Crippen molar-refractivity contribution < 1.29 is 9.90 Å². The molecule has 0 bridgehead atoms. The number of likely N-dealkylation sites (N-methyl/N-ethyl adjacent to an activating group) is 1. The van der Waals surface area contributed by atoms with Crippen molar-refractivity contribution in [1.82, 2.24) is 10.6 Å². The van der Waals surface area contributed by atoms with Gasteiger partial charge in [0.1, 0.15) is 6.04 Å². The maximum atomic E-state index is 11.3. The van der Waals surface area contributed by atoms with E-state index in [4.69, 9.17) is 16.7 Å². The number of halogens is 1. The SMILES string of the molecule is CNC(=O)C(CO)NCc1ccccc1Cl. The van der Waals surface area contributed by atoms with E-state index in [1.807, 2.05) is 18.2 Å². The van der Waals surface area contributed by atoms with Gasteiger partial charge in [0, 0.05) is 18.6 Å². The molecule has 0 spiro atoms. The van der Waals surface area contributed by atoms with Gasteiger partial charge >= 0.3 is 0 Å². The highest BCUT2D eigenvalue weighted by Gasteiger charge is 2.15. The van der Waals surface area contributed by atoms with E-state index >= 15 is 0 Å². The molecule has 0 fully saturated rings. The molecule has 0 aliphatic heterocycles. The maximum absolute atomic E-state index is 11.3. The normalized spacial score (nSPS) is 12.2. The van der Waals surface area contributed by atoms with Crippen molar-refractivity contribution in [2.75, 3.05) is 13.7 Å². The predicted molar refractivity (Wildman–Crippen MR) is 63.2 cm³/mol.